The van der Waals surface area contributed by atoms with Crippen molar-refractivity contribution in [3.05, 3.63) is 24.3 Å². The van der Waals surface area contributed by atoms with Crippen molar-refractivity contribution in [3.63, 3.8) is 0 Å². The molecule has 15 heavy (non-hydrogen) atoms. The fourth-order valence-corrected chi connectivity index (χ4v) is 1.08. The van der Waals surface area contributed by atoms with E-state index in [1.54, 1.807) is 7.11 Å². The number of rotatable bonds is 4. The minimum Gasteiger partial charge on any atom is -0.497 e. The van der Waals surface area contributed by atoms with Gasteiger partial charge in [0.05, 0.1) is 19.4 Å². The molecule has 0 heterocycles. The smallest absolute Gasteiger partial charge is 0.304 e. The summed E-state index contributed by atoms with van der Waals surface area (Å²) in [5, 5.41) is 3.90. The SMILES string of the molecule is CCO/C(Cl)=N/Nc1ccc(OC)cc1. The molecule has 0 spiro atoms. The fourth-order valence-electron chi connectivity index (χ4n) is 0.925. The Kier molecular flexibility index (Phi) is 4.77. The van der Waals surface area contributed by atoms with Gasteiger partial charge in [0.25, 0.3) is 0 Å². The lowest BCUT2D eigenvalue weighted by Crippen LogP contribution is -1.99. The molecule has 82 valence electrons. The second-order valence-electron chi connectivity index (χ2n) is 2.64. The molecule has 5 heteroatoms. The van der Waals surface area contributed by atoms with Crippen molar-refractivity contribution in [2.75, 3.05) is 19.1 Å². The van der Waals surface area contributed by atoms with E-state index in [-0.39, 0.29) is 5.36 Å². The molecule has 0 fully saturated rings. The van der Waals surface area contributed by atoms with Crippen molar-refractivity contribution in [2.24, 2.45) is 5.10 Å². The predicted molar refractivity (Wildman–Crippen MR) is 61.5 cm³/mol. The summed E-state index contributed by atoms with van der Waals surface area (Å²) in [6, 6.07) is 7.32. The highest BCUT2D eigenvalue weighted by Crippen LogP contribution is 2.14. The number of hydrogen-bond acceptors (Lipinski definition) is 4. The summed E-state index contributed by atoms with van der Waals surface area (Å²) in [5.41, 5.74) is 3.57. The van der Waals surface area contributed by atoms with E-state index in [4.69, 9.17) is 21.1 Å². The predicted octanol–water partition coefficient (Wildman–Crippen LogP) is 2.65. The zero-order valence-electron chi connectivity index (χ0n) is 8.66. The Morgan fingerprint density at radius 2 is 2.07 bits per heavy atom. The molecule has 0 saturated carbocycles. The molecular formula is C10H13ClN2O2. The lowest BCUT2D eigenvalue weighted by molar-refractivity contribution is 0.336. The minimum atomic E-state index is 0.0910. The average molecular weight is 229 g/mol. The number of nitrogens with zero attached hydrogens (tertiary/aromatic N) is 1. The van der Waals surface area contributed by atoms with Crippen molar-refractivity contribution in [2.45, 2.75) is 6.92 Å². The van der Waals surface area contributed by atoms with Crippen molar-refractivity contribution >= 4 is 22.6 Å². The van der Waals surface area contributed by atoms with Crippen LogP contribution in [0.4, 0.5) is 5.69 Å². The quantitative estimate of drug-likeness (QED) is 0.490. The highest BCUT2D eigenvalue weighted by Gasteiger charge is 1.94. The van der Waals surface area contributed by atoms with Crippen LogP contribution in [0.2, 0.25) is 0 Å². The Morgan fingerprint density at radius 3 is 2.60 bits per heavy atom. The van der Waals surface area contributed by atoms with Crippen LogP contribution in [0, 0.1) is 0 Å². The van der Waals surface area contributed by atoms with Crippen LogP contribution in [0.5, 0.6) is 5.75 Å². The van der Waals surface area contributed by atoms with E-state index >= 15 is 0 Å². The zero-order chi connectivity index (χ0) is 11.1. The van der Waals surface area contributed by atoms with Gasteiger partial charge in [-0.3, -0.25) is 5.43 Å². The van der Waals surface area contributed by atoms with Gasteiger partial charge in [0.15, 0.2) is 0 Å². The Balaban J connectivity index is 2.54. The van der Waals surface area contributed by atoms with Gasteiger partial charge in [-0.05, 0) is 42.8 Å². The number of hydrazone groups is 1. The van der Waals surface area contributed by atoms with E-state index in [1.165, 1.54) is 0 Å². The van der Waals surface area contributed by atoms with E-state index in [9.17, 15) is 0 Å². The number of methoxy groups -OCH3 is 1. The molecule has 0 aromatic heterocycles. The molecule has 1 aromatic carbocycles. The van der Waals surface area contributed by atoms with Crippen LogP contribution in [-0.2, 0) is 4.74 Å². The highest BCUT2D eigenvalue weighted by atomic mass is 35.5. The van der Waals surface area contributed by atoms with E-state index in [0.29, 0.717) is 6.61 Å². The third-order valence-electron chi connectivity index (χ3n) is 1.63. The molecule has 0 atom stereocenters. The largest absolute Gasteiger partial charge is 0.497 e. The van der Waals surface area contributed by atoms with Gasteiger partial charge >= 0.3 is 5.36 Å². The Bertz CT molecular complexity index is 325. The zero-order valence-corrected chi connectivity index (χ0v) is 9.41. The standard InChI is InChI=1S/C10H13ClN2O2/c1-3-15-10(11)13-12-8-4-6-9(14-2)7-5-8/h4-7,12H,3H2,1-2H3/b13-10+. The molecule has 0 saturated heterocycles. The number of nitrogens with one attached hydrogen (secondary N) is 1. The van der Waals surface area contributed by atoms with Gasteiger partial charge in [-0.2, -0.15) is 0 Å². The summed E-state index contributed by atoms with van der Waals surface area (Å²) >= 11 is 5.63. The molecule has 0 unspecified atom stereocenters. The second-order valence-corrected chi connectivity index (χ2v) is 2.96. The van der Waals surface area contributed by atoms with Crippen molar-refractivity contribution in [1.29, 1.82) is 0 Å². The van der Waals surface area contributed by atoms with Gasteiger partial charge in [0, 0.05) is 0 Å². The van der Waals surface area contributed by atoms with Gasteiger partial charge in [-0.1, -0.05) is 0 Å². The molecule has 0 radical (unpaired) electrons. The van der Waals surface area contributed by atoms with Crippen molar-refractivity contribution in [3.8, 4) is 5.75 Å². The van der Waals surface area contributed by atoms with Crippen LogP contribution in [0.1, 0.15) is 6.92 Å². The minimum absolute atomic E-state index is 0.0910. The number of anilines is 1. The normalized spacial score (nSPS) is 11.0. The van der Waals surface area contributed by atoms with E-state index in [1.807, 2.05) is 31.2 Å². The van der Waals surface area contributed by atoms with Crippen LogP contribution >= 0.6 is 11.6 Å². The molecule has 0 amide bonds. The topological polar surface area (TPSA) is 42.8 Å². The molecule has 1 N–H and O–H groups in total. The maximum Gasteiger partial charge on any atom is 0.304 e. The molecule has 4 nitrogen and oxygen atoms in total. The number of ether oxygens (including phenoxy) is 2. The van der Waals surface area contributed by atoms with E-state index < -0.39 is 0 Å². The molecule has 1 rings (SSSR count). The highest BCUT2D eigenvalue weighted by molar-refractivity contribution is 6.62. The lowest BCUT2D eigenvalue weighted by Gasteiger charge is -2.03. The van der Waals surface area contributed by atoms with Gasteiger partial charge in [-0.25, -0.2) is 0 Å². The van der Waals surface area contributed by atoms with Crippen LogP contribution in [0.15, 0.2) is 29.4 Å². The first kappa shape index (κ1) is 11.7. The Hall–Kier alpha value is -1.42. The van der Waals surface area contributed by atoms with E-state index in [0.717, 1.165) is 11.4 Å². The third kappa shape index (κ3) is 4.08. The van der Waals surface area contributed by atoms with Gasteiger partial charge in [0.1, 0.15) is 5.75 Å². The average Bonchev–Trinajstić information content (AvgIpc) is 2.27. The first-order valence-corrected chi connectivity index (χ1v) is 4.90. The number of halogens is 1. The first-order valence-electron chi connectivity index (χ1n) is 4.52. The molecule has 0 aliphatic rings. The third-order valence-corrected chi connectivity index (χ3v) is 1.82. The summed E-state index contributed by atoms with van der Waals surface area (Å²) in [4.78, 5) is 0. The van der Waals surface area contributed by atoms with Crippen LogP contribution in [-0.4, -0.2) is 19.1 Å². The number of hydrogen-bond donors (Lipinski definition) is 1. The van der Waals surface area contributed by atoms with Gasteiger partial charge in [0.2, 0.25) is 0 Å². The summed E-state index contributed by atoms with van der Waals surface area (Å²) in [7, 11) is 1.62. The van der Waals surface area contributed by atoms with Crippen molar-refractivity contribution in [1.82, 2.24) is 0 Å². The van der Waals surface area contributed by atoms with Crippen LogP contribution in [0.3, 0.4) is 0 Å². The number of benzene rings is 1. The maximum absolute atomic E-state index is 5.63. The molecule has 0 bridgehead atoms. The van der Waals surface area contributed by atoms with Crippen molar-refractivity contribution < 1.29 is 9.47 Å². The molecule has 0 aliphatic carbocycles. The lowest BCUT2D eigenvalue weighted by atomic mass is 10.3. The molecule has 1 aromatic rings. The summed E-state index contributed by atoms with van der Waals surface area (Å²) in [5.74, 6) is 0.792. The Morgan fingerprint density at radius 1 is 1.40 bits per heavy atom. The van der Waals surface area contributed by atoms with Gasteiger partial charge in [-0.15, -0.1) is 5.10 Å². The van der Waals surface area contributed by atoms with Crippen LogP contribution in [0.25, 0.3) is 0 Å². The van der Waals surface area contributed by atoms with E-state index in [2.05, 4.69) is 10.5 Å². The maximum atomic E-state index is 5.63. The summed E-state index contributed by atoms with van der Waals surface area (Å²) in [6.45, 7) is 2.33. The first-order chi connectivity index (χ1) is 7.26. The fraction of sp³-hybridized carbons (Fsp3) is 0.300. The monoisotopic (exact) mass is 228 g/mol. The van der Waals surface area contributed by atoms with Gasteiger partial charge < -0.3 is 9.47 Å². The molecule has 0 aliphatic heterocycles. The summed E-state index contributed by atoms with van der Waals surface area (Å²) in [6.07, 6.45) is 0. The molecular weight excluding hydrogens is 216 g/mol. The van der Waals surface area contributed by atoms with Crippen LogP contribution < -0.4 is 10.2 Å². The Labute approximate surface area is 93.8 Å². The summed E-state index contributed by atoms with van der Waals surface area (Å²) < 4.78 is 9.96. The second kappa shape index (κ2) is 6.14.